The van der Waals surface area contributed by atoms with E-state index in [2.05, 4.69) is 10.1 Å². The monoisotopic (exact) mass is 233 g/mol. The Morgan fingerprint density at radius 3 is 2.44 bits per heavy atom. The Morgan fingerprint density at radius 1 is 1.38 bits per heavy atom. The van der Waals surface area contributed by atoms with E-state index in [1.165, 1.54) is 13.0 Å². The van der Waals surface area contributed by atoms with Gasteiger partial charge in [-0.3, -0.25) is 4.79 Å². The summed E-state index contributed by atoms with van der Waals surface area (Å²) in [6, 6.07) is 3.34. The predicted octanol–water partition coefficient (Wildman–Crippen LogP) is 2.67. The van der Waals surface area contributed by atoms with Gasteiger partial charge in [0.25, 0.3) is 0 Å². The van der Waals surface area contributed by atoms with Gasteiger partial charge in [-0.1, -0.05) is 0 Å². The number of amides is 1. The van der Waals surface area contributed by atoms with E-state index in [1.54, 1.807) is 0 Å². The van der Waals surface area contributed by atoms with Gasteiger partial charge in [-0.25, -0.2) is 0 Å². The van der Waals surface area contributed by atoms with E-state index in [0.29, 0.717) is 0 Å². The fourth-order valence-electron chi connectivity index (χ4n) is 1.21. The number of hydrogen-bond donors (Lipinski definition) is 1. The highest BCUT2D eigenvalue weighted by atomic mass is 19.4. The molecule has 0 saturated carbocycles. The van der Waals surface area contributed by atoms with Gasteiger partial charge in [0.05, 0.1) is 12.7 Å². The van der Waals surface area contributed by atoms with Crippen molar-refractivity contribution >= 4 is 11.6 Å². The quantitative estimate of drug-likeness (QED) is 0.852. The Balaban J connectivity index is 3.16. The molecule has 0 aliphatic heterocycles. The molecule has 1 N–H and O–H groups in total. The van der Waals surface area contributed by atoms with E-state index in [0.717, 1.165) is 19.2 Å². The molecule has 0 radical (unpaired) electrons. The van der Waals surface area contributed by atoms with Crippen LogP contribution in [0.15, 0.2) is 18.2 Å². The highest BCUT2D eigenvalue weighted by molar-refractivity contribution is 5.88. The Morgan fingerprint density at radius 2 is 2.00 bits per heavy atom. The van der Waals surface area contributed by atoms with Crippen molar-refractivity contribution in [3.63, 3.8) is 0 Å². The molecule has 16 heavy (non-hydrogen) atoms. The number of ether oxygens (including phenoxy) is 1. The van der Waals surface area contributed by atoms with Crippen LogP contribution < -0.4 is 10.1 Å². The third-order valence-electron chi connectivity index (χ3n) is 1.83. The highest BCUT2D eigenvalue weighted by Gasteiger charge is 2.34. The summed E-state index contributed by atoms with van der Waals surface area (Å²) in [6.07, 6.45) is -4.51. The second kappa shape index (κ2) is 4.42. The number of carbonyl (C=O) groups excluding carboxylic acids is 1. The molecule has 1 amide bonds. The van der Waals surface area contributed by atoms with Crippen LogP contribution in [0.25, 0.3) is 0 Å². The average molecular weight is 233 g/mol. The maximum absolute atomic E-state index is 12.6. The first-order valence-corrected chi connectivity index (χ1v) is 4.37. The molecule has 0 atom stereocenters. The Bertz CT molecular complexity index is 402. The van der Waals surface area contributed by atoms with Crippen LogP contribution in [0.4, 0.5) is 18.9 Å². The van der Waals surface area contributed by atoms with Gasteiger partial charge >= 0.3 is 6.18 Å². The topological polar surface area (TPSA) is 38.3 Å². The molecule has 0 heterocycles. The second-order valence-corrected chi connectivity index (χ2v) is 3.09. The molecular formula is C10H10F3NO2. The third-order valence-corrected chi connectivity index (χ3v) is 1.83. The van der Waals surface area contributed by atoms with Crippen LogP contribution in [0.3, 0.4) is 0 Å². The van der Waals surface area contributed by atoms with Crippen LogP contribution in [-0.2, 0) is 11.0 Å². The Hall–Kier alpha value is -1.72. The van der Waals surface area contributed by atoms with E-state index in [1.807, 2.05) is 0 Å². The molecule has 0 saturated heterocycles. The fraction of sp³-hybridized carbons (Fsp3) is 0.300. The van der Waals surface area contributed by atoms with E-state index in [-0.39, 0.29) is 11.4 Å². The summed E-state index contributed by atoms with van der Waals surface area (Å²) in [4.78, 5) is 10.7. The van der Waals surface area contributed by atoms with Crippen molar-refractivity contribution in [2.45, 2.75) is 13.1 Å². The van der Waals surface area contributed by atoms with Crippen LogP contribution in [0.5, 0.6) is 5.75 Å². The zero-order valence-electron chi connectivity index (χ0n) is 8.68. The molecule has 0 aliphatic carbocycles. The van der Waals surface area contributed by atoms with Crippen molar-refractivity contribution in [2.75, 3.05) is 12.4 Å². The van der Waals surface area contributed by atoms with Crippen LogP contribution in [0, 0.1) is 0 Å². The second-order valence-electron chi connectivity index (χ2n) is 3.09. The number of methoxy groups -OCH3 is 1. The summed E-state index contributed by atoms with van der Waals surface area (Å²) in [7, 11) is 1.16. The summed E-state index contributed by atoms with van der Waals surface area (Å²) < 4.78 is 42.3. The molecule has 1 rings (SSSR count). The van der Waals surface area contributed by atoms with E-state index < -0.39 is 17.6 Å². The maximum atomic E-state index is 12.6. The minimum atomic E-state index is -4.51. The minimum Gasteiger partial charge on any atom is -0.496 e. The largest absolute Gasteiger partial charge is 0.496 e. The number of alkyl halides is 3. The lowest BCUT2D eigenvalue weighted by Crippen LogP contribution is -2.10. The molecule has 1 aromatic carbocycles. The molecule has 0 unspecified atom stereocenters. The summed E-state index contributed by atoms with van der Waals surface area (Å²) >= 11 is 0. The minimum absolute atomic E-state index is 0.0839. The molecule has 3 nitrogen and oxygen atoms in total. The Labute approximate surface area is 90.2 Å². The molecule has 0 aromatic heterocycles. The average Bonchev–Trinajstić information content (AvgIpc) is 2.15. The maximum Gasteiger partial charge on any atom is 0.420 e. The van der Waals surface area contributed by atoms with Crippen LogP contribution in [-0.4, -0.2) is 13.0 Å². The van der Waals surface area contributed by atoms with Crippen LogP contribution >= 0.6 is 0 Å². The lowest BCUT2D eigenvalue weighted by molar-refractivity contribution is -0.138. The first kappa shape index (κ1) is 12.4. The van der Waals surface area contributed by atoms with Gasteiger partial charge < -0.3 is 10.1 Å². The lowest BCUT2D eigenvalue weighted by Gasteiger charge is -2.13. The van der Waals surface area contributed by atoms with Crippen molar-refractivity contribution in [3.05, 3.63) is 23.8 Å². The van der Waals surface area contributed by atoms with Gasteiger partial charge in [-0.05, 0) is 18.2 Å². The first-order valence-electron chi connectivity index (χ1n) is 4.37. The predicted molar refractivity (Wildman–Crippen MR) is 52.3 cm³/mol. The summed E-state index contributed by atoms with van der Waals surface area (Å²) in [5, 5.41) is 2.27. The SMILES string of the molecule is COc1ccc(NC(C)=O)cc1C(F)(F)F. The number of rotatable bonds is 2. The van der Waals surface area contributed by atoms with Crippen molar-refractivity contribution in [3.8, 4) is 5.75 Å². The number of halogens is 3. The third kappa shape index (κ3) is 2.88. The smallest absolute Gasteiger partial charge is 0.420 e. The van der Waals surface area contributed by atoms with Gasteiger partial charge in [0, 0.05) is 12.6 Å². The van der Waals surface area contributed by atoms with Crippen LogP contribution in [0.2, 0.25) is 0 Å². The molecule has 1 aromatic rings. The number of nitrogens with one attached hydrogen (secondary N) is 1. The van der Waals surface area contributed by atoms with E-state index in [9.17, 15) is 18.0 Å². The lowest BCUT2D eigenvalue weighted by atomic mass is 10.1. The van der Waals surface area contributed by atoms with Gasteiger partial charge in [-0.2, -0.15) is 13.2 Å². The number of anilines is 1. The van der Waals surface area contributed by atoms with Gasteiger partial charge in [0.1, 0.15) is 5.75 Å². The number of carbonyl (C=O) groups is 1. The molecule has 0 bridgehead atoms. The van der Waals surface area contributed by atoms with Crippen molar-refractivity contribution < 1.29 is 22.7 Å². The number of benzene rings is 1. The molecule has 6 heteroatoms. The first-order chi connectivity index (χ1) is 7.34. The van der Waals surface area contributed by atoms with Crippen molar-refractivity contribution in [1.82, 2.24) is 0 Å². The van der Waals surface area contributed by atoms with Gasteiger partial charge in [0.2, 0.25) is 5.91 Å². The Kier molecular flexibility index (Phi) is 3.41. The molecule has 0 aliphatic rings. The fourth-order valence-corrected chi connectivity index (χ4v) is 1.21. The van der Waals surface area contributed by atoms with Crippen LogP contribution in [0.1, 0.15) is 12.5 Å². The van der Waals surface area contributed by atoms with E-state index >= 15 is 0 Å². The summed E-state index contributed by atoms with van der Waals surface area (Å²) in [5.41, 5.74) is -0.832. The van der Waals surface area contributed by atoms with Gasteiger partial charge in [0.15, 0.2) is 0 Å². The zero-order chi connectivity index (χ0) is 12.3. The summed E-state index contributed by atoms with van der Waals surface area (Å²) in [5.74, 6) is -0.708. The molecule has 0 fully saturated rings. The number of hydrogen-bond acceptors (Lipinski definition) is 2. The molecule has 88 valence electrons. The zero-order valence-corrected chi connectivity index (χ0v) is 8.68. The molecular weight excluding hydrogens is 223 g/mol. The normalized spacial score (nSPS) is 11.1. The van der Waals surface area contributed by atoms with Crippen molar-refractivity contribution in [2.24, 2.45) is 0 Å². The molecule has 0 spiro atoms. The van der Waals surface area contributed by atoms with E-state index in [4.69, 9.17) is 0 Å². The van der Waals surface area contributed by atoms with Crippen molar-refractivity contribution in [1.29, 1.82) is 0 Å². The standard InChI is InChI=1S/C10H10F3NO2/c1-6(15)14-7-3-4-9(16-2)8(5-7)10(11,12)13/h3-5H,1-2H3,(H,14,15). The van der Waals surface area contributed by atoms with Gasteiger partial charge in [-0.15, -0.1) is 0 Å². The highest BCUT2D eigenvalue weighted by Crippen LogP contribution is 2.37. The summed E-state index contributed by atoms with van der Waals surface area (Å²) in [6.45, 7) is 1.22.